The molecule has 0 radical (unpaired) electrons. The van der Waals surface area contributed by atoms with Gasteiger partial charge in [-0.25, -0.2) is 4.79 Å². The van der Waals surface area contributed by atoms with E-state index in [1.807, 2.05) is 0 Å². The largest absolute Gasteiger partial charge is 0.478 e. The summed E-state index contributed by atoms with van der Waals surface area (Å²) in [5, 5.41) is 8.49. The number of likely N-dealkylation sites (N-methyl/N-ethyl adjacent to an activating group) is 1. The average Bonchev–Trinajstić information content (AvgIpc) is 2.28. The van der Waals surface area contributed by atoms with Crippen molar-refractivity contribution in [2.75, 3.05) is 33.2 Å². The molecule has 0 aliphatic carbocycles. The zero-order chi connectivity index (χ0) is 11.3. The molecule has 0 aromatic rings. The lowest BCUT2D eigenvalue weighted by Crippen LogP contribution is -2.37. The highest BCUT2D eigenvalue weighted by Gasteiger charge is 2.17. The lowest BCUT2D eigenvalue weighted by atomic mass is 10.2. The fourth-order valence-electron chi connectivity index (χ4n) is 1.98. The Morgan fingerprint density at radius 1 is 1.53 bits per heavy atom. The van der Waals surface area contributed by atoms with E-state index in [0.717, 1.165) is 32.6 Å². The van der Waals surface area contributed by atoms with Crippen LogP contribution in [0, 0.1) is 0 Å². The summed E-state index contributed by atoms with van der Waals surface area (Å²) in [6.45, 7) is 6.16. The van der Waals surface area contributed by atoms with Crippen LogP contribution in [0.3, 0.4) is 0 Å². The molecule has 4 nitrogen and oxygen atoms in total. The molecule has 1 unspecified atom stereocenters. The van der Waals surface area contributed by atoms with Gasteiger partial charge < -0.3 is 10.0 Å². The Morgan fingerprint density at radius 2 is 2.27 bits per heavy atom. The van der Waals surface area contributed by atoms with Gasteiger partial charge in [0.05, 0.1) is 0 Å². The SMILES string of the molecule is CC1CN(C)CCCN1C/C=C/C(=O)O. The summed E-state index contributed by atoms with van der Waals surface area (Å²) in [7, 11) is 2.13. The van der Waals surface area contributed by atoms with Crippen LogP contribution in [-0.2, 0) is 4.79 Å². The lowest BCUT2D eigenvalue weighted by Gasteiger charge is -2.26. The molecule has 86 valence electrons. The first-order valence-corrected chi connectivity index (χ1v) is 5.41. The normalized spacial score (nSPS) is 25.6. The molecule has 0 amide bonds. The van der Waals surface area contributed by atoms with Crippen molar-refractivity contribution in [2.24, 2.45) is 0 Å². The maximum Gasteiger partial charge on any atom is 0.328 e. The van der Waals surface area contributed by atoms with Crippen LogP contribution in [-0.4, -0.2) is 60.1 Å². The molecule has 0 bridgehead atoms. The van der Waals surface area contributed by atoms with Crippen LogP contribution < -0.4 is 0 Å². The molecule has 0 saturated carbocycles. The third-order valence-corrected chi connectivity index (χ3v) is 2.78. The molecular weight excluding hydrogens is 192 g/mol. The quantitative estimate of drug-likeness (QED) is 0.698. The Labute approximate surface area is 91.2 Å². The number of aliphatic carboxylic acids is 1. The van der Waals surface area contributed by atoms with Crippen molar-refractivity contribution in [2.45, 2.75) is 19.4 Å². The van der Waals surface area contributed by atoms with Gasteiger partial charge in [0.1, 0.15) is 0 Å². The van der Waals surface area contributed by atoms with Gasteiger partial charge in [-0.05, 0) is 26.9 Å². The molecule has 1 aliphatic rings. The minimum atomic E-state index is -0.866. The molecule has 0 aromatic carbocycles. The van der Waals surface area contributed by atoms with Gasteiger partial charge in [-0.15, -0.1) is 0 Å². The predicted molar refractivity (Wildman–Crippen MR) is 59.9 cm³/mol. The summed E-state index contributed by atoms with van der Waals surface area (Å²) in [4.78, 5) is 15.0. The zero-order valence-corrected chi connectivity index (χ0v) is 9.52. The molecule has 1 aliphatic heterocycles. The molecular formula is C11H20N2O2. The fourth-order valence-corrected chi connectivity index (χ4v) is 1.98. The second-order valence-corrected chi connectivity index (χ2v) is 4.20. The predicted octanol–water partition coefficient (Wildman–Crippen LogP) is 0.653. The standard InChI is InChI=1S/C11H20N2O2/c1-10-9-12(2)6-4-8-13(10)7-3-5-11(14)15/h3,5,10H,4,6-9H2,1-2H3,(H,14,15)/b5-3+. The Bertz CT molecular complexity index is 241. The van der Waals surface area contributed by atoms with Crippen molar-refractivity contribution in [3.8, 4) is 0 Å². The fraction of sp³-hybridized carbons (Fsp3) is 0.727. The lowest BCUT2D eigenvalue weighted by molar-refractivity contribution is -0.131. The summed E-state index contributed by atoms with van der Waals surface area (Å²) < 4.78 is 0. The molecule has 1 heterocycles. The molecule has 0 spiro atoms. The monoisotopic (exact) mass is 212 g/mol. The van der Waals surface area contributed by atoms with Crippen molar-refractivity contribution in [3.63, 3.8) is 0 Å². The van der Waals surface area contributed by atoms with Gasteiger partial charge in [-0.2, -0.15) is 0 Å². The zero-order valence-electron chi connectivity index (χ0n) is 9.52. The van der Waals surface area contributed by atoms with Crippen molar-refractivity contribution in [1.29, 1.82) is 0 Å². The summed E-state index contributed by atoms with van der Waals surface area (Å²) in [5.74, 6) is -0.866. The third-order valence-electron chi connectivity index (χ3n) is 2.78. The molecule has 15 heavy (non-hydrogen) atoms. The van der Waals surface area contributed by atoms with Crippen LogP contribution in [0.4, 0.5) is 0 Å². The maximum atomic E-state index is 10.3. The molecule has 1 N–H and O–H groups in total. The number of carbonyl (C=O) groups is 1. The van der Waals surface area contributed by atoms with E-state index in [9.17, 15) is 4.79 Å². The number of nitrogens with zero attached hydrogens (tertiary/aromatic N) is 2. The third kappa shape index (κ3) is 4.44. The van der Waals surface area contributed by atoms with Crippen LogP contribution in [0.2, 0.25) is 0 Å². The number of rotatable bonds is 3. The van der Waals surface area contributed by atoms with Gasteiger partial charge in [-0.3, -0.25) is 4.90 Å². The van der Waals surface area contributed by atoms with Crippen molar-refractivity contribution in [1.82, 2.24) is 9.80 Å². The molecule has 1 rings (SSSR count). The minimum Gasteiger partial charge on any atom is -0.478 e. The summed E-state index contributed by atoms with van der Waals surface area (Å²) in [6.07, 6.45) is 4.10. The first kappa shape index (κ1) is 12.2. The highest BCUT2D eigenvalue weighted by molar-refractivity contribution is 5.79. The topological polar surface area (TPSA) is 43.8 Å². The van der Waals surface area contributed by atoms with Gasteiger partial charge in [-0.1, -0.05) is 6.08 Å². The van der Waals surface area contributed by atoms with Crippen molar-refractivity contribution >= 4 is 5.97 Å². The maximum absolute atomic E-state index is 10.3. The van der Waals surface area contributed by atoms with Gasteiger partial charge in [0.25, 0.3) is 0 Å². The number of carboxylic acids is 1. The smallest absolute Gasteiger partial charge is 0.328 e. The van der Waals surface area contributed by atoms with E-state index in [2.05, 4.69) is 23.8 Å². The van der Waals surface area contributed by atoms with Crippen molar-refractivity contribution < 1.29 is 9.90 Å². The van der Waals surface area contributed by atoms with Crippen LogP contribution in [0.5, 0.6) is 0 Å². The van der Waals surface area contributed by atoms with Gasteiger partial charge in [0.2, 0.25) is 0 Å². The van der Waals surface area contributed by atoms with Crippen LogP contribution >= 0.6 is 0 Å². The first-order chi connectivity index (χ1) is 7.09. The Morgan fingerprint density at radius 3 is 2.93 bits per heavy atom. The van der Waals surface area contributed by atoms with E-state index in [4.69, 9.17) is 5.11 Å². The van der Waals surface area contributed by atoms with Crippen LogP contribution in [0.15, 0.2) is 12.2 Å². The number of hydrogen-bond donors (Lipinski definition) is 1. The Hall–Kier alpha value is -0.870. The van der Waals surface area contributed by atoms with E-state index in [1.165, 1.54) is 6.08 Å². The highest BCUT2D eigenvalue weighted by atomic mass is 16.4. The van der Waals surface area contributed by atoms with E-state index in [-0.39, 0.29) is 0 Å². The van der Waals surface area contributed by atoms with Crippen LogP contribution in [0.1, 0.15) is 13.3 Å². The summed E-state index contributed by atoms with van der Waals surface area (Å²) in [6, 6.07) is 0.496. The average molecular weight is 212 g/mol. The molecule has 0 aromatic heterocycles. The minimum absolute atomic E-state index is 0.496. The Balaban J connectivity index is 2.42. The second kappa shape index (κ2) is 5.88. The van der Waals surface area contributed by atoms with E-state index < -0.39 is 5.97 Å². The van der Waals surface area contributed by atoms with E-state index in [1.54, 1.807) is 6.08 Å². The van der Waals surface area contributed by atoms with E-state index in [0.29, 0.717) is 6.04 Å². The number of carboxylic acid groups (broad SMARTS) is 1. The van der Waals surface area contributed by atoms with Crippen LogP contribution in [0.25, 0.3) is 0 Å². The summed E-state index contributed by atoms with van der Waals surface area (Å²) in [5.41, 5.74) is 0. The number of hydrogen-bond acceptors (Lipinski definition) is 3. The Kier molecular flexibility index (Phi) is 4.78. The van der Waals surface area contributed by atoms with E-state index >= 15 is 0 Å². The molecule has 1 atom stereocenters. The van der Waals surface area contributed by atoms with Gasteiger partial charge in [0, 0.05) is 31.8 Å². The van der Waals surface area contributed by atoms with Crippen molar-refractivity contribution in [3.05, 3.63) is 12.2 Å². The second-order valence-electron chi connectivity index (χ2n) is 4.20. The van der Waals surface area contributed by atoms with Gasteiger partial charge >= 0.3 is 5.97 Å². The molecule has 1 fully saturated rings. The van der Waals surface area contributed by atoms with Gasteiger partial charge in [0.15, 0.2) is 0 Å². The highest BCUT2D eigenvalue weighted by Crippen LogP contribution is 2.07. The molecule has 1 saturated heterocycles. The summed E-state index contributed by atoms with van der Waals surface area (Å²) >= 11 is 0. The molecule has 4 heteroatoms. The first-order valence-electron chi connectivity index (χ1n) is 5.41.